The van der Waals surface area contributed by atoms with Crippen molar-refractivity contribution in [2.45, 2.75) is 69.0 Å². The van der Waals surface area contributed by atoms with Crippen molar-refractivity contribution in [2.24, 2.45) is 0 Å². The first-order valence-electron chi connectivity index (χ1n) is 37.2. The average Bonchev–Trinajstić information content (AvgIpc) is 0.743. The number of carboxylic acids is 3. The number of halogens is 7. The van der Waals surface area contributed by atoms with Crippen molar-refractivity contribution in [3.8, 4) is 0 Å². The predicted molar refractivity (Wildman–Crippen MR) is 520 cm³/mol. The fraction of sp³-hybridized carbons (Fsp3) is 0.253. The molecule has 640 valence electrons. The fourth-order valence-electron chi connectivity index (χ4n) is 13.0. The standard InChI is InChI=1S/C20H21ClN2O3.C18H17ClN2O3.C16H17ClN2O2.C16H15ClN2O.C8H9ClIN.C8H9NO2.C4H7IO2.CH4/c1-5-26-17(24)11-23-16-10-12(2)6-7-13(16)20(25)14-8-9-15(21)19(18(14)23)22(3)4;1-10-4-5-11-14(8-10)21(9-15(22)23)16-12(18(11)24)6-7-13(19)17(16)20(2)3;1-10-7-8-11(16(20)21)14(9-10)18-13-6-4-5-12(17)15(13)19(2)3;1-9-4-5-10-13(8-9)18-14-11(16(10)20)6-7-12(17)15(14)19(2)3;1-11(2)8-6(9)4-3-5-7(8)10;1-5-2-3-6(8(10)11)7(9)4-5;1-2-7-4(6)3-5;/h6-10H,5,11H2,1-4H3;4-8H,9H2,1-3H3,(H,22,23);4-9,18H,1-3H3,(H,20,21);4-8H,1-3H3,(H,18,20);3-5H,1-2H3;2-4H,9H2,1H3,(H,10,11);2-3H2,1H3;1H4. The zero-order valence-electron chi connectivity index (χ0n) is 69.4. The Balaban J connectivity index is 0.000000226. The van der Waals surface area contributed by atoms with Crippen LogP contribution in [0.15, 0.2) is 178 Å². The van der Waals surface area contributed by atoms with Crippen LogP contribution in [0.1, 0.15) is 69.8 Å². The van der Waals surface area contributed by atoms with E-state index in [1.807, 2.05) is 231 Å². The van der Waals surface area contributed by atoms with Crippen LogP contribution in [0, 0.1) is 38.2 Å². The molecule has 30 heteroatoms. The van der Waals surface area contributed by atoms with Crippen LogP contribution in [0.3, 0.4) is 0 Å². The Bertz CT molecular complexity index is 6200. The molecular formula is C91H99Cl5I2N10O13. The van der Waals surface area contributed by atoms with Crippen LogP contribution in [0.4, 0.5) is 45.5 Å². The predicted octanol–water partition coefficient (Wildman–Crippen LogP) is 20.8. The number of hydrogen-bond donors (Lipinski definition) is 6. The molecule has 23 nitrogen and oxygen atoms in total. The lowest BCUT2D eigenvalue weighted by Gasteiger charge is -2.22. The minimum atomic E-state index is -0.984. The first-order valence-corrected chi connectivity index (χ1v) is 41.7. The summed E-state index contributed by atoms with van der Waals surface area (Å²) in [4.78, 5) is 107. The molecule has 0 bridgehead atoms. The Hall–Kier alpha value is -10.5. The summed E-state index contributed by atoms with van der Waals surface area (Å²) in [5.41, 5.74) is 20.5. The van der Waals surface area contributed by atoms with Crippen LogP contribution in [0.25, 0.3) is 65.4 Å². The van der Waals surface area contributed by atoms with Gasteiger partial charge in [0.15, 0.2) is 16.3 Å². The van der Waals surface area contributed by atoms with Gasteiger partial charge in [-0.2, -0.15) is 0 Å². The number of aromatic nitrogens is 3. The van der Waals surface area contributed by atoms with Crippen molar-refractivity contribution in [1.82, 2.24) is 14.1 Å². The summed E-state index contributed by atoms with van der Waals surface area (Å²) in [5.74, 6) is -3.42. The number of aromatic amines is 1. The number of carboxylic acid groups (broad SMARTS) is 3. The van der Waals surface area contributed by atoms with E-state index in [1.54, 1.807) is 102 Å². The number of nitrogens with one attached hydrogen (secondary N) is 2. The number of nitrogens with zero attached hydrogens (tertiary/aromatic N) is 7. The molecule has 10 aromatic carbocycles. The van der Waals surface area contributed by atoms with E-state index in [1.165, 1.54) is 9.64 Å². The Morgan fingerprint density at radius 1 is 0.438 bits per heavy atom. The summed E-state index contributed by atoms with van der Waals surface area (Å²) < 4.78 is 14.8. The molecule has 0 spiro atoms. The number of alkyl halides is 1. The largest absolute Gasteiger partial charge is 0.480 e. The van der Waals surface area contributed by atoms with E-state index in [4.69, 9.17) is 73.6 Å². The Kier molecular flexibility index (Phi) is 36.8. The summed E-state index contributed by atoms with van der Waals surface area (Å²) in [7, 11) is 18.9. The number of benzene rings is 10. The topological polar surface area (TPSA) is 296 Å². The zero-order valence-corrected chi connectivity index (χ0v) is 77.5. The van der Waals surface area contributed by atoms with Gasteiger partial charge in [-0.3, -0.25) is 28.8 Å². The van der Waals surface area contributed by atoms with Crippen molar-refractivity contribution in [3.05, 3.63) is 262 Å². The van der Waals surface area contributed by atoms with Crippen LogP contribution in [-0.4, -0.2) is 147 Å². The molecule has 0 radical (unpaired) electrons. The molecule has 3 aromatic heterocycles. The number of anilines is 8. The van der Waals surface area contributed by atoms with Crippen molar-refractivity contribution in [2.75, 3.05) is 124 Å². The number of para-hydroxylation sites is 2. The first kappa shape index (κ1) is 99.3. The van der Waals surface area contributed by atoms with Crippen molar-refractivity contribution in [3.63, 3.8) is 0 Å². The highest BCUT2D eigenvalue weighted by molar-refractivity contribution is 14.1. The number of aromatic carboxylic acids is 2. The summed E-state index contributed by atoms with van der Waals surface area (Å²) in [6, 6.07) is 48.6. The van der Waals surface area contributed by atoms with Crippen LogP contribution in [0.2, 0.25) is 25.1 Å². The van der Waals surface area contributed by atoms with Gasteiger partial charge < -0.3 is 74.5 Å². The maximum Gasteiger partial charge on any atom is 0.337 e. The van der Waals surface area contributed by atoms with E-state index >= 15 is 0 Å². The highest BCUT2D eigenvalue weighted by Crippen LogP contribution is 2.39. The monoisotopic (exact) mass is 1970 g/mol. The molecule has 0 unspecified atom stereocenters. The lowest BCUT2D eigenvalue weighted by Crippen LogP contribution is -2.21. The molecule has 0 fully saturated rings. The van der Waals surface area contributed by atoms with E-state index in [2.05, 4.69) is 37.6 Å². The van der Waals surface area contributed by atoms with Crippen LogP contribution >= 0.6 is 103 Å². The molecule has 7 N–H and O–H groups in total. The third kappa shape index (κ3) is 24.9. The number of H-pyrrole nitrogens is 1. The Labute approximate surface area is 755 Å². The Morgan fingerprint density at radius 3 is 1.25 bits per heavy atom. The quantitative estimate of drug-likeness (QED) is 0.0172. The molecule has 0 atom stereocenters. The lowest BCUT2D eigenvalue weighted by molar-refractivity contribution is -0.143. The Morgan fingerprint density at radius 2 is 0.818 bits per heavy atom. The van der Waals surface area contributed by atoms with E-state index in [-0.39, 0.29) is 59.9 Å². The molecule has 0 saturated carbocycles. The number of pyridine rings is 3. The van der Waals surface area contributed by atoms with Crippen LogP contribution < -0.4 is 51.8 Å². The highest BCUT2D eigenvalue weighted by Gasteiger charge is 2.23. The van der Waals surface area contributed by atoms with Gasteiger partial charge in [0, 0.05) is 112 Å². The number of hydrogen-bond acceptors (Lipinski definition) is 17. The lowest BCUT2D eigenvalue weighted by atomic mass is 10.1. The number of rotatable bonds is 16. The minimum Gasteiger partial charge on any atom is -0.480 e. The smallest absolute Gasteiger partial charge is 0.337 e. The summed E-state index contributed by atoms with van der Waals surface area (Å²) in [5, 5.41) is 36.9. The van der Waals surface area contributed by atoms with Gasteiger partial charge in [0.2, 0.25) is 0 Å². The number of aryl methyl sites for hydroxylation is 5. The molecule has 121 heavy (non-hydrogen) atoms. The molecule has 13 aromatic rings. The minimum absolute atomic E-state index is 0. The molecule has 0 aliphatic rings. The molecule has 0 aliphatic carbocycles. The van der Waals surface area contributed by atoms with Crippen molar-refractivity contribution >= 4 is 244 Å². The second-order valence-electron chi connectivity index (χ2n) is 28.5. The highest BCUT2D eigenvalue weighted by atomic mass is 127. The van der Waals surface area contributed by atoms with Gasteiger partial charge in [-0.25, -0.2) is 9.59 Å². The second-order valence-corrected chi connectivity index (χ2v) is 32.4. The number of esters is 2. The number of ether oxygens (including phenoxy) is 2. The van der Waals surface area contributed by atoms with Gasteiger partial charge >= 0.3 is 29.8 Å². The maximum absolute atomic E-state index is 13.1. The van der Waals surface area contributed by atoms with E-state index in [0.717, 1.165) is 66.6 Å². The number of aliphatic carboxylic acids is 1. The third-order valence-corrected chi connectivity index (χ3v) is 21.3. The van der Waals surface area contributed by atoms with Crippen molar-refractivity contribution < 1.29 is 48.8 Å². The van der Waals surface area contributed by atoms with Crippen LogP contribution in [0.5, 0.6) is 0 Å². The molecule has 0 saturated heterocycles. The number of carbonyl (C=O) groups is 5. The number of nitrogen functional groups attached to an aromatic ring is 1. The third-order valence-electron chi connectivity index (χ3n) is 18.2. The van der Waals surface area contributed by atoms with Gasteiger partial charge in [0.1, 0.15) is 13.1 Å². The summed E-state index contributed by atoms with van der Waals surface area (Å²) in [6.45, 7) is 13.8. The molecule has 0 amide bonds. The van der Waals surface area contributed by atoms with E-state index in [0.29, 0.717) is 115 Å². The second kappa shape index (κ2) is 44.8. The SMILES string of the molecule is C.CCOC(=O)CI.CCOC(=O)Cn1c2cc(C)ccc2c(=O)c2ccc(Cl)c(N(C)C)c21.CN(C)c1c(Cl)cccc1I.Cc1ccc(C(=O)O)c(N)c1.Cc1ccc(C(=O)O)c(Nc2cccc(Cl)c2N(C)C)c1.Cc1ccc2c(=O)c3ccc(Cl)c(N(C)C)c3[nH]c2c1.Cc1ccc2c(=O)c3ccc(Cl)c(N(C)C)c3n(CC(=O)O)c2c1. The number of nitrogens with two attached hydrogens (primary N) is 1. The molecular weight excluding hydrogens is 1870 g/mol. The number of fused-ring (bicyclic) bond motifs is 6. The van der Waals surface area contributed by atoms with Crippen molar-refractivity contribution in [1.29, 1.82) is 0 Å². The van der Waals surface area contributed by atoms with E-state index < -0.39 is 17.9 Å². The van der Waals surface area contributed by atoms with Crippen LogP contribution in [-0.2, 0) is 36.9 Å². The molecule has 3 heterocycles. The van der Waals surface area contributed by atoms with Gasteiger partial charge in [0.05, 0.1) is 127 Å². The summed E-state index contributed by atoms with van der Waals surface area (Å²) in [6.07, 6.45) is 0. The average molecular weight is 1970 g/mol. The summed E-state index contributed by atoms with van der Waals surface area (Å²) >= 11 is 35.5. The number of carbonyl (C=O) groups excluding carboxylic acids is 2. The zero-order chi connectivity index (χ0) is 89.2. The van der Waals surface area contributed by atoms with Gasteiger partial charge in [-0.15, -0.1) is 0 Å². The maximum atomic E-state index is 13.1. The van der Waals surface area contributed by atoms with E-state index in [9.17, 15) is 48.6 Å². The first-order chi connectivity index (χ1) is 56.6. The molecule has 0 aliphatic heterocycles. The fourth-order valence-corrected chi connectivity index (χ4v) is 16.0. The normalized spacial score (nSPS) is 10.5. The molecule has 13 rings (SSSR count). The van der Waals surface area contributed by atoms with Gasteiger partial charge in [-0.1, -0.05) is 130 Å². The van der Waals surface area contributed by atoms with Gasteiger partial charge in [-0.05, 0) is 220 Å². The van der Waals surface area contributed by atoms with Gasteiger partial charge in [0.25, 0.3) is 0 Å².